The Kier molecular flexibility index (Phi) is 4.22. The maximum atomic E-state index is 12.7. The standard InChI is InChI=1S/C19H16N4O2S/c1-13(24)15-4-6-16(7-5-15)22-11-21-19-23(12-22)18(25)17(26-19)9-14-3-2-8-20-10-14/h2-10H,11-12H2,1H3. The highest BCUT2D eigenvalue weighted by atomic mass is 32.1. The molecule has 0 saturated heterocycles. The Morgan fingerprint density at radius 2 is 2.04 bits per heavy atom. The lowest BCUT2D eigenvalue weighted by molar-refractivity contribution is 0.101. The summed E-state index contributed by atoms with van der Waals surface area (Å²) < 4.78 is 2.32. The Balaban J connectivity index is 1.66. The summed E-state index contributed by atoms with van der Waals surface area (Å²) in [5.41, 5.74) is 2.44. The summed E-state index contributed by atoms with van der Waals surface area (Å²) >= 11 is 1.39. The first-order valence-corrected chi connectivity index (χ1v) is 8.95. The van der Waals surface area contributed by atoms with Gasteiger partial charge in [-0.1, -0.05) is 17.4 Å². The second-order valence-corrected chi connectivity index (χ2v) is 7.01. The number of carbonyl (C=O) groups is 1. The first-order chi connectivity index (χ1) is 12.6. The van der Waals surface area contributed by atoms with E-state index >= 15 is 0 Å². The fraction of sp³-hybridized carbons (Fsp3) is 0.158. The predicted octanol–water partition coefficient (Wildman–Crippen LogP) is 1.39. The molecule has 1 aliphatic rings. The van der Waals surface area contributed by atoms with Crippen LogP contribution in [0.2, 0.25) is 0 Å². The SMILES string of the molecule is CC(=O)c1ccc(N2CN=c3sc(=Cc4cccnc4)c(=O)n3C2)cc1. The first-order valence-electron chi connectivity index (χ1n) is 8.13. The summed E-state index contributed by atoms with van der Waals surface area (Å²) in [7, 11) is 0. The lowest BCUT2D eigenvalue weighted by atomic mass is 10.1. The highest BCUT2D eigenvalue weighted by Crippen LogP contribution is 2.17. The van der Waals surface area contributed by atoms with Crippen molar-refractivity contribution >= 4 is 28.9 Å². The Morgan fingerprint density at radius 1 is 1.23 bits per heavy atom. The van der Waals surface area contributed by atoms with Crippen molar-refractivity contribution < 1.29 is 4.79 Å². The van der Waals surface area contributed by atoms with Crippen molar-refractivity contribution in [2.24, 2.45) is 4.99 Å². The Bertz CT molecular complexity index is 1130. The monoisotopic (exact) mass is 364 g/mol. The summed E-state index contributed by atoms with van der Waals surface area (Å²) in [5.74, 6) is 0.0341. The molecule has 6 nitrogen and oxygen atoms in total. The molecule has 7 heteroatoms. The molecule has 0 unspecified atom stereocenters. The summed E-state index contributed by atoms with van der Waals surface area (Å²) in [6, 6.07) is 11.1. The molecule has 0 aliphatic carbocycles. The number of carbonyl (C=O) groups excluding carboxylic acids is 1. The summed E-state index contributed by atoms with van der Waals surface area (Å²) in [4.78, 5) is 35.5. The van der Waals surface area contributed by atoms with Gasteiger partial charge in [0.1, 0.15) is 13.3 Å². The van der Waals surface area contributed by atoms with Crippen molar-refractivity contribution in [2.45, 2.75) is 13.6 Å². The van der Waals surface area contributed by atoms with Crippen molar-refractivity contribution in [2.75, 3.05) is 11.6 Å². The predicted molar refractivity (Wildman–Crippen MR) is 101 cm³/mol. The van der Waals surface area contributed by atoms with Crippen LogP contribution in [0.1, 0.15) is 22.8 Å². The average molecular weight is 364 g/mol. The van der Waals surface area contributed by atoms with E-state index in [4.69, 9.17) is 0 Å². The lowest BCUT2D eigenvalue weighted by Gasteiger charge is -2.25. The quantitative estimate of drug-likeness (QED) is 0.659. The molecule has 0 radical (unpaired) electrons. The van der Waals surface area contributed by atoms with Crippen molar-refractivity contribution in [3.8, 4) is 0 Å². The smallest absolute Gasteiger partial charge is 0.271 e. The topological polar surface area (TPSA) is 67.6 Å². The molecule has 1 aliphatic heterocycles. The number of anilines is 1. The van der Waals surface area contributed by atoms with E-state index in [0.717, 1.165) is 16.1 Å². The van der Waals surface area contributed by atoms with E-state index in [1.807, 2.05) is 35.2 Å². The number of ketones is 1. The minimum absolute atomic E-state index is 0.0341. The lowest BCUT2D eigenvalue weighted by Crippen LogP contribution is -2.42. The molecule has 0 fully saturated rings. The van der Waals surface area contributed by atoms with Gasteiger partial charge in [-0.05, 0) is 48.9 Å². The molecule has 26 heavy (non-hydrogen) atoms. The third kappa shape index (κ3) is 3.09. The van der Waals surface area contributed by atoms with Crippen LogP contribution in [0.4, 0.5) is 5.69 Å². The number of Topliss-reactive ketones (excluding diaryl/α,β-unsaturated/α-hetero) is 1. The van der Waals surface area contributed by atoms with Gasteiger partial charge in [-0.2, -0.15) is 0 Å². The molecule has 0 bridgehead atoms. The van der Waals surface area contributed by atoms with Crippen molar-refractivity contribution in [3.63, 3.8) is 0 Å². The number of hydrogen-bond acceptors (Lipinski definition) is 6. The van der Waals surface area contributed by atoms with Crippen molar-refractivity contribution in [1.29, 1.82) is 0 Å². The van der Waals surface area contributed by atoms with Crippen molar-refractivity contribution in [3.05, 3.63) is 79.6 Å². The molecule has 130 valence electrons. The molecule has 1 aromatic carbocycles. The molecular weight excluding hydrogens is 348 g/mol. The molecule has 0 amide bonds. The number of hydrogen-bond donors (Lipinski definition) is 0. The third-order valence-electron chi connectivity index (χ3n) is 4.20. The summed E-state index contributed by atoms with van der Waals surface area (Å²) in [6.07, 6.45) is 5.27. The van der Waals surface area contributed by atoms with Crippen LogP contribution in [0.3, 0.4) is 0 Å². The van der Waals surface area contributed by atoms with E-state index in [1.165, 1.54) is 11.3 Å². The molecule has 0 N–H and O–H groups in total. The van der Waals surface area contributed by atoms with Gasteiger partial charge in [-0.15, -0.1) is 0 Å². The van der Waals surface area contributed by atoms with Gasteiger partial charge in [0, 0.05) is 23.6 Å². The maximum Gasteiger partial charge on any atom is 0.271 e. The minimum atomic E-state index is -0.0531. The van der Waals surface area contributed by atoms with Crippen LogP contribution in [0, 0.1) is 0 Å². The molecule has 0 saturated carbocycles. The Hall–Kier alpha value is -3.06. The minimum Gasteiger partial charge on any atom is -0.334 e. The largest absolute Gasteiger partial charge is 0.334 e. The second kappa shape index (κ2) is 6.68. The number of rotatable bonds is 3. The molecule has 2 aromatic heterocycles. The van der Waals surface area contributed by atoms with E-state index in [2.05, 4.69) is 9.98 Å². The zero-order valence-corrected chi connectivity index (χ0v) is 14.9. The van der Waals surface area contributed by atoms with Crippen LogP contribution in [-0.4, -0.2) is 22.0 Å². The van der Waals surface area contributed by atoms with Gasteiger partial charge in [0.05, 0.1) is 4.53 Å². The number of aromatic nitrogens is 2. The van der Waals surface area contributed by atoms with Crippen LogP contribution >= 0.6 is 11.3 Å². The number of nitrogens with zero attached hydrogens (tertiary/aromatic N) is 4. The van der Waals surface area contributed by atoms with Gasteiger partial charge in [0.25, 0.3) is 5.56 Å². The Morgan fingerprint density at radius 3 is 2.73 bits per heavy atom. The van der Waals surface area contributed by atoms with Crippen LogP contribution < -0.4 is 19.8 Å². The number of pyridine rings is 1. The average Bonchev–Trinajstić information content (AvgIpc) is 2.98. The van der Waals surface area contributed by atoms with Crippen molar-refractivity contribution in [1.82, 2.24) is 9.55 Å². The fourth-order valence-corrected chi connectivity index (χ4v) is 3.76. The van der Waals surface area contributed by atoms with E-state index in [-0.39, 0.29) is 11.3 Å². The fourth-order valence-electron chi connectivity index (χ4n) is 2.79. The second-order valence-electron chi connectivity index (χ2n) is 6.00. The van der Waals surface area contributed by atoms with E-state index in [1.54, 1.807) is 36.0 Å². The molecule has 3 aromatic rings. The molecule has 0 spiro atoms. The van der Waals surface area contributed by atoms with Crippen LogP contribution in [0.5, 0.6) is 0 Å². The maximum absolute atomic E-state index is 12.7. The molecular formula is C19H16N4O2S. The Labute approximate surface area is 153 Å². The number of benzene rings is 1. The van der Waals surface area contributed by atoms with Crippen LogP contribution in [0.25, 0.3) is 6.08 Å². The number of thiazole rings is 1. The molecule has 3 heterocycles. The highest BCUT2D eigenvalue weighted by molar-refractivity contribution is 7.07. The molecule has 4 rings (SSSR count). The van der Waals surface area contributed by atoms with Crippen LogP contribution in [0.15, 0.2) is 58.6 Å². The van der Waals surface area contributed by atoms with Crippen LogP contribution in [-0.2, 0) is 6.67 Å². The van der Waals surface area contributed by atoms with E-state index in [9.17, 15) is 9.59 Å². The number of fused-ring (bicyclic) bond motifs is 1. The highest BCUT2D eigenvalue weighted by Gasteiger charge is 2.16. The summed E-state index contributed by atoms with van der Waals surface area (Å²) in [5, 5.41) is 0. The molecule has 0 atom stereocenters. The van der Waals surface area contributed by atoms with E-state index in [0.29, 0.717) is 23.4 Å². The summed E-state index contributed by atoms with van der Waals surface area (Å²) in [6.45, 7) is 2.46. The van der Waals surface area contributed by atoms with Gasteiger partial charge >= 0.3 is 0 Å². The third-order valence-corrected chi connectivity index (χ3v) is 5.24. The zero-order chi connectivity index (χ0) is 18.1. The zero-order valence-electron chi connectivity index (χ0n) is 14.1. The van der Waals surface area contributed by atoms with Gasteiger partial charge in [0.2, 0.25) is 0 Å². The normalized spacial score (nSPS) is 14.0. The van der Waals surface area contributed by atoms with Gasteiger partial charge < -0.3 is 4.90 Å². The van der Waals surface area contributed by atoms with Gasteiger partial charge in [0.15, 0.2) is 10.6 Å². The van der Waals surface area contributed by atoms with Gasteiger partial charge in [-0.25, -0.2) is 4.99 Å². The van der Waals surface area contributed by atoms with Gasteiger partial charge in [-0.3, -0.25) is 19.1 Å². The first kappa shape index (κ1) is 16.4. The van der Waals surface area contributed by atoms with E-state index < -0.39 is 0 Å².